The topological polar surface area (TPSA) is 0 Å². The van der Waals surface area contributed by atoms with E-state index in [2.05, 4.69) is 182 Å². The van der Waals surface area contributed by atoms with Gasteiger partial charge in [-0.05, 0) is 109 Å². The Morgan fingerprint density at radius 2 is 0.364 bits per heavy atom. The van der Waals surface area contributed by atoms with Crippen molar-refractivity contribution in [1.82, 2.24) is 0 Å². The van der Waals surface area contributed by atoms with Crippen LogP contribution in [0.4, 0.5) is 0 Å². The quantitative estimate of drug-likeness (QED) is 0.188. The van der Waals surface area contributed by atoms with Crippen LogP contribution in [0.3, 0.4) is 0 Å². The highest BCUT2D eigenvalue weighted by Crippen LogP contribution is 2.37. The summed E-state index contributed by atoms with van der Waals surface area (Å²) in [5, 5.41) is 0. The van der Waals surface area contributed by atoms with Gasteiger partial charge in [0.1, 0.15) is 0 Å². The van der Waals surface area contributed by atoms with Gasteiger partial charge in [0.2, 0.25) is 0 Å². The molecular weight excluding hydrogens is 528 g/mol. The van der Waals surface area contributed by atoms with Crippen LogP contribution in [0.1, 0.15) is 13.8 Å². The van der Waals surface area contributed by atoms with Crippen LogP contribution in [-0.2, 0) is 0 Å². The van der Waals surface area contributed by atoms with Crippen molar-refractivity contribution in [2.24, 2.45) is 0 Å². The van der Waals surface area contributed by atoms with Crippen molar-refractivity contribution < 1.29 is 0 Å². The van der Waals surface area contributed by atoms with Crippen LogP contribution in [0, 0.1) is 0 Å². The van der Waals surface area contributed by atoms with Gasteiger partial charge in [0.25, 0.3) is 0 Å². The summed E-state index contributed by atoms with van der Waals surface area (Å²) in [5.74, 6) is 0. The molecule has 0 unspecified atom stereocenters. The number of hydrogen-bond acceptors (Lipinski definition) is 0. The summed E-state index contributed by atoms with van der Waals surface area (Å²) >= 11 is 0. The lowest BCUT2D eigenvalue weighted by atomic mass is 9.90. The van der Waals surface area contributed by atoms with Gasteiger partial charge >= 0.3 is 0 Å². The third kappa shape index (κ3) is 6.46. The van der Waals surface area contributed by atoms with Gasteiger partial charge in [0.05, 0.1) is 0 Å². The first-order valence-corrected chi connectivity index (χ1v) is 15.4. The Labute approximate surface area is 262 Å². The van der Waals surface area contributed by atoms with Gasteiger partial charge in [-0.15, -0.1) is 0 Å². The fourth-order valence-electron chi connectivity index (χ4n) is 5.66. The molecule has 0 spiro atoms. The van der Waals surface area contributed by atoms with Crippen molar-refractivity contribution in [3.8, 4) is 66.8 Å². The molecule has 0 aliphatic heterocycles. The summed E-state index contributed by atoms with van der Waals surface area (Å²) in [7, 11) is 0. The van der Waals surface area contributed by atoms with Crippen LogP contribution in [0.15, 0.2) is 182 Å². The standard InChI is InChI=1S/C42H30.C2H6/c1-5-14-31(15-6-1)37-25-38(32-16-7-2-8-17-32)28-41(27-37)35-22-13-23-36(24-35)42-29-39(33-18-9-3-10-19-33)26-40(30-42)34-20-11-4-12-21-34;1-2/h1-30H;1-2H3. The Morgan fingerprint density at radius 3 is 0.614 bits per heavy atom. The second-order valence-corrected chi connectivity index (χ2v) is 10.6. The molecule has 0 saturated carbocycles. The van der Waals surface area contributed by atoms with E-state index >= 15 is 0 Å². The van der Waals surface area contributed by atoms with Crippen molar-refractivity contribution in [2.45, 2.75) is 13.8 Å². The predicted molar refractivity (Wildman–Crippen MR) is 190 cm³/mol. The summed E-state index contributed by atoms with van der Waals surface area (Å²) in [4.78, 5) is 0. The summed E-state index contributed by atoms with van der Waals surface area (Å²) in [6.45, 7) is 4.00. The molecule has 212 valence electrons. The first-order chi connectivity index (χ1) is 21.8. The minimum absolute atomic E-state index is 1.20. The summed E-state index contributed by atoms with van der Waals surface area (Å²) in [5.41, 5.74) is 14.6. The average Bonchev–Trinajstić information content (AvgIpc) is 3.13. The molecule has 0 aliphatic carbocycles. The lowest BCUT2D eigenvalue weighted by Crippen LogP contribution is -1.88. The van der Waals surface area contributed by atoms with Crippen LogP contribution >= 0.6 is 0 Å². The zero-order chi connectivity index (χ0) is 30.1. The molecule has 0 heterocycles. The van der Waals surface area contributed by atoms with Gasteiger partial charge in [-0.2, -0.15) is 0 Å². The summed E-state index contributed by atoms with van der Waals surface area (Å²) < 4.78 is 0. The molecule has 0 radical (unpaired) electrons. The maximum atomic E-state index is 2.33. The molecule has 0 aliphatic rings. The molecule has 7 rings (SSSR count). The van der Waals surface area contributed by atoms with Gasteiger partial charge < -0.3 is 0 Å². The van der Waals surface area contributed by atoms with Crippen molar-refractivity contribution in [2.75, 3.05) is 0 Å². The highest BCUT2D eigenvalue weighted by atomic mass is 14.1. The predicted octanol–water partition coefficient (Wildman–Crippen LogP) is 12.7. The number of rotatable bonds is 6. The number of benzene rings is 7. The van der Waals surface area contributed by atoms with Crippen molar-refractivity contribution in [1.29, 1.82) is 0 Å². The zero-order valence-corrected chi connectivity index (χ0v) is 25.3. The van der Waals surface area contributed by atoms with E-state index in [0.29, 0.717) is 0 Å². The molecule has 0 heteroatoms. The van der Waals surface area contributed by atoms with Crippen molar-refractivity contribution in [3.05, 3.63) is 182 Å². The molecule has 7 aromatic carbocycles. The zero-order valence-electron chi connectivity index (χ0n) is 25.3. The third-order valence-corrected chi connectivity index (χ3v) is 7.82. The molecule has 7 aromatic rings. The third-order valence-electron chi connectivity index (χ3n) is 7.82. The highest BCUT2D eigenvalue weighted by molar-refractivity contribution is 5.85. The number of hydrogen-bond donors (Lipinski definition) is 0. The van der Waals surface area contributed by atoms with Gasteiger partial charge in [-0.3, -0.25) is 0 Å². The van der Waals surface area contributed by atoms with E-state index < -0.39 is 0 Å². The normalized spacial score (nSPS) is 10.5. The first kappa shape index (κ1) is 28.6. The van der Waals surface area contributed by atoms with E-state index in [1.807, 2.05) is 13.8 Å². The second-order valence-electron chi connectivity index (χ2n) is 10.6. The van der Waals surface area contributed by atoms with E-state index in [1.54, 1.807) is 0 Å². The van der Waals surface area contributed by atoms with Crippen LogP contribution in [0.5, 0.6) is 0 Å². The van der Waals surface area contributed by atoms with Crippen LogP contribution in [-0.4, -0.2) is 0 Å². The maximum absolute atomic E-state index is 2.33. The Balaban J connectivity index is 0.00000168. The van der Waals surface area contributed by atoms with Gasteiger partial charge in [0, 0.05) is 0 Å². The van der Waals surface area contributed by atoms with E-state index in [9.17, 15) is 0 Å². The Bertz CT molecular complexity index is 1680. The maximum Gasteiger partial charge on any atom is -0.0171 e. The molecule has 0 bridgehead atoms. The average molecular weight is 565 g/mol. The van der Waals surface area contributed by atoms with Crippen LogP contribution in [0.2, 0.25) is 0 Å². The molecule has 0 aromatic heterocycles. The largest absolute Gasteiger partial charge is 0.0683 e. The second kappa shape index (κ2) is 13.7. The summed E-state index contributed by atoms with van der Waals surface area (Å²) in [6, 6.07) is 65.4. The lowest BCUT2D eigenvalue weighted by Gasteiger charge is -2.14. The monoisotopic (exact) mass is 564 g/mol. The Kier molecular flexibility index (Phi) is 8.90. The molecule has 44 heavy (non-hydrogen) atoms. The Hall–Kier alpha value is -5.46. The van der Waals surface area contributed by atoms with Crippen molar-refractivity contribution in [3.63, 3.8) is 0 Å². The molecular formula is C44H36. The SMILES string of the molecule is CC.c1ccc(-c2cc(-c3ccccc3)cc(-c3cccc(-c4cc(-c5ccccc5)cc(-c5ccccc5)c4)c3)c2)cc1. The van der Waals surface area contributed by atoms with E-state index in [-0.39, 0.29) is 0 Å². The fraction of sp³-hybridized carbons (Fsp3) is 0.0455. The minimum Gasteiger partial charge on any atom is -0.0683 e. The lowest BCUT2D eigenvalue weighted by molar-refractivity contribution is 1.50. The molecule has 0 atom stereocenters. The van der Waals surface area contributed by atoms with E-state index in [0.717, 1.165) is 0 Å². The Morgan fingerprint density at radius 1 is 0.182 bits per heavy atom. The highest BCUT2D eigenvalue weighted by Gasteiger charge is 2.11. The molecule has 0 saturated heterocycles. The molecule has 0 fully saturated rings. The molecule has 0 nitrogen and oxygen atoms in total. The van der Waals surface area contributed by atoms with Crippen molar-refractivity contribution >= 4 is 0 Å². The van der Waals surface area contributed by atoms with Gasteiger partial charge in [-0.25, -0.2) is 0 Å². The van der Waals surface area contributed by atoms with Gasteiger partial charge in [0.15, 0.2) is 0 Å². The summed E-state index contributed by atoms with van der Waals surface area (Å²) in [6.07, 6.45) is 0. The van der Waals surface area contributed by atoms with Crippen LogP contribution in [0.25, 0.3) is 66.8 Å². The molecule has 0 amide bonds. The fourth-order valence-corrected chi connectivity index (χ4v) is 5.66. The van der Waals surface area contributed by atoms with Crippen LogP contribution < -0.4 is 0 Å². The smallest absolute Gasteiger partial charge is 0.0171 e. The van der Waals surface area contributed by atoms with Gasteiger partial charge in [-0.1, -0.05) is 153 Å². The minimum atomic E-state index is 1.20. The van der Waals surface area contributed by atoms with E-state index in [4.69, 9.17) is 0 Å². The molecule has 0 N–H and O–H groups in total. The first-order valence-electron chi connectivity index (χ1n) is 15.4. The van der Waals surface area contributed by atoms with E-state index in [1.165, 1.54) is 66.8 Å².